The monoisotopic (exact) mass is 253 g/mol. The van der Waals surface area contributed by atoms with E-state index in [0.717, 1.165) is 19.0 Å². The van der Waals surface area contributed by atoms with Gasteiger partial charge in [0.1, 0.15) is 0 Å². The second kappa shape index (κ2) is 6.02. The van der Waals surface area contributed by atoms with Gasteiger partial charge in [-0.15, -0.1) is 0 Å². The Labute approximate surface area is 111 Å². The lowest BCUT2D eigenvalue weighted by Gasteiger charge is -2.35. The van der Waals surface area contributed by atoms with Crippen LogP contribution in [0.2, 0.25) is 0 Å². The van der Waals surface area contributed by atoms with Crippen LogP contribution in [-0.2, 0) is 4.79 Å². The molecular weight excluding hydrogens is 226 g/mol. The summed E-state index contributed by atoms with van der Waals surface area (Å²) in [6, 6.07) is 1.14. The van der Waals surface area contributed by atoms with Gasteiger partial charge >= 0.3 is 0 Å². The molecule has 0 aromatic carbocycles. The summed E-state index contributed by atoms with van der Waals surface area (Å²) in [7, 11) is 3.99. The minimum absolute atomic E-state index is 0.303. The lowest BCUT2D eigenvalue weighted by Crippen LogP contribution is -2.45. The fourth-order valence-electron chi connectivity index (χ4n) is 2.82. The van der Waals surface area contributed by atoms with Crippen LogP contribution in [0.3, 0.4) is 0 Å². The van der Waals surface area contributed by atoms with Gasteiger partial charge in [0.2, 0.25) is 5.91 Å². The minimum Gasteiger partial charge on any atom is -0.342 e. The van der Waals surface area contributed by atoms with E-state index in [0.29, 0.717) is 24.5 Å². The Hall–Kier alpha value is -0.610. The molecular formula is C14H27N3O. The molecule has 2 aliphatic rings. The molecule has 0 spiro atoms. The van der Waals surface area contributed by atoms with Crippen LogP contribution in [0.25, 0.3) is 0 Å². The Balaban J connectivity index is 1.71. The van der Waals surface area contributed by atoms with E-state index in [9.17, 15) is 4.79 Å². The summed E-state index contributed by atoms with van der Waals surface area (Å²) in [5.74, 6) is 1.07. The smallest absolute Gasteiger partial charge is 0.236 e. The predicted octanol–water partition coefficient (Wildman–Crippen LogP) is 0.927. The number of likely N-dealkylation sites (tertiary alicyclic amines) is 1. The summed E-state index contributed by atoms with van der Waals surface area (Å²) >= 11 is 0. The number of rotatable bonds is 5. The molecule has 2 fully saturated rings. The Bertz CT molecular complexity index is 283. The largest absolute Gasteiger partial charge is 0.342 e. The van der Waals surface area contributed by atoms with Crippen molar-refractivity contribution in [3.8, 4) is 0 Å². The number of carbonyl (C=O) groups is 1. The minimum atomic E-state index is 0.303. The number of nitrogens with zero attached hydrogens (tertiary/aromatic N) is 2. The van der Waals surface area contributed by atoms with Gasteiger partial charge in [-0.25, -0.2) is 0 Å². The van der Waals surface area contributed by atoms with Crippen molar-refractivity contribution in [1.29, 1.82) is 0 Å². The van der Waals surface area contributed by atoms with E-state index in [1.165, 1.54) is 25.7 Å². The van der Waals surface area contributed by atoms with Crippen LogP contribution in [0.15, 0.2) is 0 Å². The number of amides is 1. The van der Waals surface area contributed by atoms with Crippen molar-refractivity contribution in [2.75, 3.05) is 33.7 Å². The van der Waals surface area contributed by atoms with Crippen LogP contribution in [0.4, 0.5) is 0 Å². The first-order chi connectivity index (χ1) is 8.61. The van der Waals surface area contributed by atoms with E-state index in [4.69, 9.17) is 0 Å². The Kier molecular flexibility index (Phi) is 4.62. The van der Waals surface area contributed by atoms with Gasteiger partial charge in [0.15, 0.2) is 0 Å². The normalized spacial score (nSPS) is 23.9. The van der Waals surface area contributed by atoms with Crippen LogP contribution in [0.1, 0.15) is 32.6 Å². The summed E-state index contributed by atoms with van der Waals surface area (Å²) in [4.78, 5) is 16.3. The molecule has 1 unspecified atom stereocenters. The first kappa shape index (κ1) is 13.8. The molecule has 0 bridgehead atoms. The van der Waals surface area contributed by atoms with Crippen LogP contribution >= 0.6 is 0 Å². The van der Waals surface area contributed by atoms with Crippen molar-refractivity contribution < 1.29 is 4.79 Å². The summed E-state index contributed by atoms with van der Waals surface area (Å²) in [6.07, 6.45) is 4.82. The summed E-state index contributed by atoms with van der Waals surface area (Å²) in [5, 5.41) is 3.34. The molecule has 2 rings (SSSR count). The van der Waals surface area contributed by atoms with Crippen molar-refractivity contribution in [2.24, 2.45) is 5.92 Å². The first-order valence-electron chi connectivity index (χ1n) is 7.27. The van der Waals surface area contributed by atoms with Crippen molar-refractivity contribution in [1.82, 2.24) is 15.1 Å². The van der Waals surface area contributed by atoms with Crippen molar-refractivity contribution in [2.45, 2.75) is 44.7 Å². The summed E-state index contributed by atoms with van der Waals surface area (Å²) < 4.78 is 0. The molecule has 0 radical (unpaired) electrons. The number of nitrogens with one attached hydrogen (secondary N) is 1. The topological polar surface area (TPSA) is 35.6 Å². The highest BCUT2D eigenvalue weighted by Gasteiger charge is 2.31. The van der Waals surface area contributed by atoms with Crippen LogP contribution < -0.4 is 5.32 Å². The standard InChI is InChI=1S/C14H27N3O/c1-11(15-2)12-6-8-17(9-7-12)10-14(18)16(3)13-4-5-13/h11-13,15H,4-10H2,1-3H3. The van der Waals surface area contributed by atoms with Gasteiger partial charge in [-0.1, -0.05) is 0 Å². The van der Waals surface area contributed by atoms with E-state index < -0.39 is 0 Å². The summed E-state index contributed by atoms with van der Waals surface area (Å²) in [6.45, 7) is 5.02. The van der Waals surface area contributed by atoms with E-state index in [1.54, 1.807) is 0 Å². The molecule has 1 saturated carbocycles. The molecule has 4 heteroatoms. The number of likely N-dealkylation sites (N-methyl/N-ethyl adjacent to an activating group) is 1. The highest BCUT2D eigenvalue weighted by molar-refractivity contribution is 5.78. The number of piperidine rings is 1. The zero-order valence-electron chi connectivity index (χ0n) is 12.0. The molecule has 18 heavy (non-hydrogen) atoms. The third-order valence-electron chi connectivity index (χ3n) is 4.64. The Morgan fingerprint density at radius 2 is 1.94 bits per heavy atom. The van der Waals surface area contributed by atoms with Crippen LogP contribution in [-0.4, -0.2) is 61.5 Å². The van der Waals surface area contributed by atoms with E-state index in [-0.39, 0.29) is 0 Å². The van der Waals surface area contributed by atoms with Gasteiger partial charge in [-0.3, -0.25) is 9.69 Å². The number of hydrogen-bond donors (Lipinski definition) is 1. The molecule has 1 saturated heterocycles. The Morgan fingerprint density at radius 1 is 1.33 bits per heavy atom. The molecule has 1 atom stereocenters. The maximum absolute atomic E-state index is 12.0. The van der Waals surface area contributed by atoms with E-state index in [1.807, 2.05) is 19.0 Å². The van der Waals surface area contributed by atoms with Crippen LogP contribution in [0.5, 0.6) is 0 Å². The van der Waals surface area contributed by atoms with Gasteiger partial charge in [0, 0.05) is 19.1 Å². The SMILES string of the molecule is CNC(C)C1CCN(CC(=O)N(C)C2CC2)CC1. The highest BCUT2D eigenvalue weighted by atomic mass is 16.2. The zero-order valence-corrected chi connectivity index (χ0v) is 12.0. The van der Waals surface area contributed by atoms with E-state index in [2.05, 4.69) is 17.1 Å². The molecule has 1 heterocycles. The van der Waals surface area contributed by atoms with Gasteiger partial charge < -0.3 is 10.2 Å². The predicted molar refractivity (Wildman–Crippen MR) is 73.5 cm³/mol. The van der Waals surface area contributed by atoms with Crippen molar-refractivity contribution in [3.05, 3.63) is 0 Å². The molecule has 1 aliphatic carbocycles. The molecule has 0 aromatic heterocycles. The number of hydrogen-bond acceptors (Lipinski definition) is 3. The lowest BCUT2D eigenvalue weighted by molar-refractivity contribution is -0.132. The third-order valence-corrected chi connectivity index (χ3v) is 4.64. The molecule has 0 aromatic rings. The van der Waals surface area contributed by atoms with Gasteiger partial charge in [0.05, 0.1) is 6.54 Å². The third kappa shape index (κ3) is 3.45. The average molecular weight is 253 g/mol. The van der Waals surface area contributed by atoms with Crippen molar-refractivity contribution >= 4 is 5.91 Å². The second-order valence-corrected chi connectivity index (χ2v) is 5.93. The molecule has 4 nitrogen and oxygen atoms in total. The quantitative estimate of drug-likeness (QED) is 0.791. The second-order valence-electron chi connectivity index (χ2n) is 5.93. The molecule has 1 N–H and O–H groups in total. The molecule has 104 valence electrons. The number of carbonyl (C=O) groups excluding carboxylic acids is 1. The van der Waals surface area contributed by atoms with Gasteiger partial charge in [-0.05, 0) is 58.7 Å². The fraction of sp³-hybridized carbons (Fsp3) is 0.929. The Morgan fingerprint density at radius 3 is 2.44 bits per heavy atom. The van der Waals surface area contributed by atoms with Crippen molar-refractivity contribution in [3.63, 3.8) is 0 Å². The molecule has 1 aliphatic heterocycles. The van der Waals surface area contributed by atoms with Crippen LogP contribution in [0, 0.1) is 5.92 Å². The van der Waals surface area contributed by atoms with Gasteiger partial charge in [0.25, 0.3) is 0 Å². The fourth-order valence-corrected chi connectivity index (χ4v) is 2.82. The zero-order chi connectivity index (χ0) is 13.1. The summed E-state index contributed by atoms with van der Waals surface area (Å²) in [5.41, 5.74) is 0. The lowest BCUT2D eigenvalue weighted by atomic mass is 9.90. The molecule has 1 amide bonds. The maximum atomic E-state index is 12.0. The van der Waals surface area contributed by atoms with E-state index >= 15 is 0 Å². The maximum Gasteiger partial charge on any atom is 0.236 e. The average Bonchev–Trinajstić information content (AvgIpc) is 3.22. The van der Waals surface area contributed by atoms with Gasteiger partial charge in [-0.2, -0.15) is 0 Å². The highest BCUT2D eigenvalue weighted by Crippen LogP contribution is 2.26. The first-order valence-corrected chi connectivity index (χ1v) is 7.27.